The highest BCUT2D eigenvalue weighted by atomic mass is 35.5. The Morgan fingerprint density at radius 2 is 2.00 bits per heavy atom. The Bertz CT molecular complexity index is 526. The van der Waals surface area contributed by atoms with Gasteiger partial charge in [-0.1, -0.05) is 11.6 Å². The zero-order valence-electron chi connectivity index (χ0n) is 8.70. The molecule has 1 atom stereocenters. The first kappa shape index (κ1) is 12.0. The van der Waals surface area contributed by atoms with E-state index in [1.165, 1.54) is 30.5 Å². The van der Waals surface area contributed by atoms with Gasteiger partial charge in [-0.05, 0) is 35.9 Å². The molecule has 0 saturated carbocycles. The van der Waals surface area contributed by atoms with E-state index in [9.17, 15) is 8.78 Å². The lowest BCUT2D eigenvalue weighted by atomic mass is 10.0. The summed E-state index contributed by atoms with van der Waals surface area (Å²) in [6.07, 6.45) is 1.43. The molecule has 17 heavy (non-hydrogen) atoms. The van der Waals surface area contributed by atoms with Crippen LogP contribution in [0.1, 0.15) is 17.3 Å². The van der Waals surface area contributed by atoms with Crippen LogP contribution < -0.4 is 5.73 Å². The third-order valence-corrected chi connectivity index (χ3v) is 2.54. The average Bonchev–Trinajstić information content (AvgIpc) is 2.27. The van der Waals surface area contributed by atoms with Gasteiger partial charge in [-0.25, -0.2) is 8.78 Å². The number of nitrogens with zero attached hydrogens (tertiary/aromatic N) is 1. The Morgan fingerprint density at radius 3 is 2.65 bits per heavy atom. The van der Waals surface area contributed by atoms with Gasteiger partial charge in [-0.15, -0.1) is 0 Å². The quantitative estimate of drug-likeness (QED) is 0.895. The van der Waals surface area contributed by atoms with Crippen molar-refractivity contribution in [2.24, 2.45) is 5.73 Å². The molecule has 0 unspecified atom stereocenters. The van der Waals surface area contributed by atoms with Crippen molar-refractivity contribution < 1.29 is 8.78 Å². The second-order valence-corrected chi connectivity index (χ2v) is 3.99. The van der Waals surface area contributed by atoms with Crippen molar-refractivity contribution in [3.8, 4) is 0 Å². The van der Waals surface area contributed by atoms with E-state index in [1.54, 1.807) is 0 Å². The zero-order valence-corrected chi connectivity index (χ0v) is 9.46. The van der Waals surface area contributed by atoms with Gasteiger partial charge in [0.05, 0.1) is 11.7 Å². The second kappa shape index (κ2) is 4.77. The lowest BCUT2D eigenvalue weighted by molar-refractivity contribution is 0.583. The first-order valence-electron chi connectivity index (χ1n) is 4.90. The minimum absolute atomic E-state index is 0.0640. The Hall–Kier alpha value is -1.52. The summed E-state index contributed by atoms with van der Waals surface area (Å²) in [6, 6.07) is 5.73. The highest BCUT2D eigenvalue weighted by molar-refractivity contribution is 6.30. The van der Waals surface area contributed by atoms with Crippen molar-refractivity contribution >= 4 is 11.6 Å². The van der Waals surface area contributed by atoms with Crippen LogP contribution in [0.4, 0.5) is 8.78 Å². The standard InChI is InChI=1S/C12H9ClF2N2/c13-8-4-7(5-9(14)6-8)11(16)12-10(15)2-1-3-17-12/h1-6,11H,16H2/t11-/m0/s1. The molecule has 0 spiro atoms. The molecule has 88 valence electrons. The lowest BCUT2D eigenvalue weighted by Gasteiger charge is -2.12. The van der Waals surface area contributed by atoms with Crippen molar-refractivity contribution in [2.45, 2.75) is 6.04 Å². The number of aromatic nitrogens is 1. The van der Waals surface area contributed by atoms with Crippen LogP contribution >= 0.6 is 11.6 Å². The Balaban J connectivity index is 2.43. The molecular formula is C12H9ClF2N2. The largest absolute Gasteiger partial charge is 0.319 e. The Labute approximate surface area is 102 Å². The van der Waals surface area contributed by atoms with Gasteiger partial charge >= 0.3 is 0 Å². The maximum atomic E-state index is 13.5. The first-order chi connectivity index (χ1) is 8.08. The fourth-order valence-electron chi connectivity index (χ4n) is 1.54. The fraction of sp³-hybridized carbons (Fsp3) is 0.0833. The van der Waals surface area contributed by atoms with Crippen LogP contribution in [0.3, 0.4) is 0 Å². The molecule has 0 aliphatic carbocycles. The molecular weight excluding hydrogens is 246 g/mol. The highest BCUT2D eigenvalue weighted by Crippen LogP contribution is 2.23. The molecule has 0 aliphatic heterocycles. The summed E-state index contributed by atoms with van der Waals surface area (Å²) in [5.74, 6) is -1.04. The molecule has 0 bridgehead atoms. The highest BCUT2D eigenvalue weighted by Gasteiger charge is 2.15. The van der Waals surface area contributed by atoms with E-state index in [0.717, 1.165) is 6.07 Å². The van der Waals surface area contributed by atoms with Gasteiger partial charge in [-0.2, -0.15) is 0 Å². The number of hydrogen-bond acceptors (Lipinski definition) is 2. The molecule has 2 rings (SSSR count). The van der Waals surface area contributed by atoms with E-state index < -0.39 is 17.7 Å². The zero-order chi connectivity index (χ0) is 12.4. The first-order valence-corrected chi connectivity index (χ1v) is 5.27. The van der Waals surface area contributed by atoms with Gasteiger partial charge in [0.15, 0.2) is 0 Å². The minimum Gasteiger partial charge on any atom is -0.319 e. The molecule has 0 saturated heterocycles. The molecule has 0 radical (unpaired) electrons. The molecule has 2 N–H and O–H groups in total. The number of halogens is 3. The molecule has 5 heteroatoms. The summed E-state index contributed by atoms with van der Waals surface area (Å²) in [7, 11) is 0. The minimum atomic E-state index is -0.843. The molecule has 2 aromatic rings. The van der Waals surface area contributed by atoms with Crippen LogP contribution in [0.15, 0.2) is 36.5 Å². The van der Waals surface area contributed by atoms with Gasteiger partial charge in [0.25, 0.3) is 0 Å². The molecule has 1 heterocycles. The number of pyridine rings is 1. The summed E-state index contributed by atoms with van der Waals surface area (Å²) in [5.41, 5.74) is 6.27. The fourth-order valence-corrected chi connectivity index (χ4v) is 1.77. The van der Waals surface area contributed by atoms with Crippen molar-refractivity contribution in [1.82, 2.24) is 4.98 Å². The van der Waals surface area contributed by atoms with Crippen LogP contribution in [0.2, 0.25) is 5.02 Å². The van der Waals surface area contributed by atoms with E-state index in [-0.39, 0.29) is 10.7 Å². The van der Waals surface area contributed by atoms with Gasteiger partial charge in [0, 0.05) is 11.2 Å². The van der Waals surface area contributed by atoms with Crippen LogP contribution in [-0.4, -0.2) is 4.98 Å². The van der Waals surface area contributed by atoms with Crippen LogP contribution in [0.25, 0.3) is 0 Å². The number of hydrogen-bond donors (Lipinski definition) is 1. The third-order valence-electron chi connectivity index (χ3n) is 2.33. The van der Waals surface area contributed by atoms with Gasteiger partial charge in [0.1, 0.15) is 11.6 Å². The van der Waals surface area contributed by atoms with Crippen LogP contribution in [-0.2, 0) is 0 Å². The summed E-state index contributed by atoms with van der Waals surface area (Å²) in [4.78, 5) is 3.85. The number of nitrogens with two attached hydrogens (primary N) is 1. The Morgan fingerprint density at radius 1 is 1.24 bits per heavy atom. The SMILES string of the molecule is N[C@@H](c1cc(F)cc(Cl)c1)c1ncccc1F. The monoisotopic (exact) mass is 254 g/mol. The Kier molecular flexibility index (Phi) is 3.36. The smallest absolute Gasteiger partial charge is 0.146 e. The predicted molar refractivity (Wildman–Crippen MR) is 61.6 cm³/mol. The van der Waals surface area contributed by atoms with Gasteiger partial charge in [-0.3, -0.25) is 4.98 Å². The van der Waals surface area contributed by atoms with Crippen LogP contribution in [0.5, 0.6) is 0 Å². The normalized spacial score (nSPS) is 12.5. The van der Waals surface area contributed by atoms with Gasteiger partial charge < -0.3 is 5.73 Å². The summed E-state index contributed by atoms with van der Waals surface area (Å²) >= 11 is 5.71. The van der Waals surface area contributed by atoms with Gasteiger partial charge in [0.2, 0.25) is 0 Å². The lowest BCUT2D eigenvalue weighted by Crippen LogP contribution is -2.15. The van der Waals surface area contributed by atoms with E-state index in [4.69, 9.17) is 17.3 Å². The van der Waals surface area contributed by atoms with Crippen molar-refractivity contribution in [1.29, 1.82) is 0 Å². The van der Waals surface area contributed by atoms with Crippen LogP contribution in [0, 0.1) is 11.6 Å². The third kappa shape index (κ3) is 2.60. The molecule has 0 amide bonds. The second-order valence-electron chi connectivity index (χ2n) is 3.55. The average molecular weight is 255 g/mol. The summed E-state index contributed by atoms with van der Waals surface area (Å²) in [5, 5.41) is 0.215. The molecule has 1 aromatic carbocycles. The molecule has 0 aliphatic rings. The maximum Gasteiger partial charge on any atom is 0.146 e. The number of benzene rings is 1. The van der Waals surface area contributed by atoms with Crippen molar-refractivity contribution in [2.75, 3.05) is 0 Å². The predicted octanol–water partition coefficient (Wildman–Crippen LogP) is 3.06. The van der Waals surface area contributed by atoms with E-state index in [2.05, 4.69) is 4.98 Å². The molecule has 1 aromatic heterocycles. The molecule has 0 fully saturated rings. The van der Waals surface area contributed by atoms with E-state index in [0.29, 0.717) is 5.56 Å². The summed E-state index contributed by atoms with van der Waals surface area (Å²) in [6.45, 7) is 0. The molecule has 2 nitrogen and oxygen atoms in total. The van der Waals surface area contributed by atoms with Crippen molar-refractivity contribution in [3.63, 3.8) is 0 Å². The maximum absolute atomic E-state index is 13.5. The van der Waals surface area contributed by atoms with E-state index >= 15 is 0 Å². The number of rotatable bonds is 2. The topological polar surface area (TPSA) is 38.9 Å². The summed E-state index contributed by atoms with van der Waals surface area (Å²) < 4.78 is 26.6. The van der Waals surface area contributed by atoms with Crippen molar-refractivity contribution in [3.05, 3.63) is 64.4 Å². The van der Waals surface area contributed by atoms with E-state index in [1.807, 2.05) is 0 Å².